The van der Waals surface area contributed by atoms with Crippen molar-refractivity contribution >= 4 is 22.4 Å². The third-order valence-electron chi connectivity index (χ3n) is 2.59. The molecule has 0 saturated carbocycles. The van der Waals surface area contributed by atoms with E-state index in [2.05, 4.69) is 24.1 Å². The molecule has 0 fully saturated rings. The van der Waals surface area contributed by atoms with E-state index < -0.39 is 5.41 Å². The SMILES string of the molecule is CCOC(=O)C(C)(C)c1csc(NCC(C)C)n1. The minimum atomic E-state index is -0.690. The summed E-state index contributed by atoms with van der Waals surface area (Å²) in [6.45, 7) is 11.1. The number of hydrogen-bond donors (Lipinski definition) is 1. The fourth-order valence-corrected chi connectivity index (χ4v) is 2.24. The van der Waals surface area contributed by atoms with E-state index in [0.29, 0.717) is 12.5 Å². The van der Waals surface area contributed by atoms with Crippen LogP contribution >= 0.6 is 11.3 Å². The second-order valence-electron chi connectivity index (χ2n) is 5.16. The van der Waals surface area contributed by atoms with Gasteiger partial charge in [0.25, 0.3) is 0 Å². The van der Waals surface area contributed by atoms with Crippen molar-refractivity contribution in [2.75, 3.05) is 18.5 Å². The molecule has 0 aliphatic carbocycles. The molecule has 0 unspecified atom stereocenters. The molecule has 1 heterocycles. The maximum absolute atomic E-state index is 11.9. The number of carbonyl (C=O) groups excluding carboxylic acids is 1. The molecule has 0 bridgehead atoms. The Labute approximate surface area is 113 Å². The molecule has 18 heavy (non-hydrogen) atoms. The number of anilines is 1. The zero-order valence-electron chi connectivity index (χ0n) is 11.7. The number of nitrogens with one attached hydrogen (secondary N) is 1. The van der Waals surface area contributed by atoms with Crippen molar-refractivity contribution in [3.05, 3.63) is 11.1 Å². The monoisotopic (exact) mass is 270 g/mol. The van der Waals surface area contributed by atoms with Gasteiger partial charge in [-0.05, 0) is 26.7 Å². The lowest BCUT2D eigenvalue weighted by Gasteiger charge is -2.19. The Bertz CT molecular complexity index is 399. The smallest absolute Gasteiger partial charge is 0.317 e. The first-order chi connectivity index (χ1) is 8.37. The van der Waals surface area contributed by atoms with E-state index in [0.717, 1.165) is 17.4 Å². The van der Waals surface area contributed by atoms with Gasteiger partial charge in [0.1, 0.15) is 5.41 Å². The van der Waals surface area contributed by atoms with Gasteiger partial charge < -0.3 is 10.1 Å². The van der Waals surface area contributed by atoms with Gasteiger partial charge in [-0.2, -0.15) is 0 Å². The molecule has 1 aromatic rings. The van der Waals surface area contributed by atoms with E-state index in [4.69, 9.17) is 4.74 Å². The van der Waals surface area contributed by atoms with Crippen LogP contribution in [-0.2, 0) is 14.9 Å². The maximum atomic E-state index is 11.9. The Morgan fingerprint density at radius 1 is 1.56 bits per heavy atom. The van der Waals surface area contributed by atoms with Gasteiger partial charge in [-0.1, -0.05) is 13.8 Å². The number of aromatic nitrogens is 1. The largest absolute Gasteiger partial charge is 0.465 e. The molecule has 1 rings (SSSR count). The number of carbonyl (C=O) groups is 1. The average Bonchev–Trinajstić information content (AvgIpc) is 2.75. The standard InChI is InChI=1S/C13H22N2O2S/c1-6-17-11(16)13(4,5)10-8-18-12(15-10)14-7-9(2)3/h8-9H,6-7H2,1-5H3,(H,14,15). The summed E-state index contributed by atoms with van der Waals surface area (Å²) in [4.78, 5) is 16.3. The highest BCUT2D eigenvalue weighted by Crippen LogP contribution is 2.28. The molecule has 0 saturated heterocycles. The molecule has 102 valence electrons. The van der Waals surface area contributed by atoms with Crippen molar-refractivity contribution in [3.63, 3.8) is 0 Å². The molecule has 0 amide bonds. The zero-order chi connectivity index (χ0) is 13.8. The molecule has 4 nitrogen and oxygen atoms in total. The van der Waals surface area contributed by atoms with Gasteiger partial charge in [0.15, 0.2) is 5.13 Å². The van der Waals surface area contributed by atoms with Crippen LogP contribution in [0.15, 0.2) is 5.38 Å². The number of esters is 1. The first-order valence-corrected chi connectivity index (χ1v) is 7.13. The Kier molecular flexibility index (Phi) is 5.14. The van der Waals surface area contributed by atoms with Gasteiger partial charge in [-0.3, -0.25) is 4.79 Å². The number of rotatable bonds is 6. The normalized spacial score (nSPS) is 11.7. The molecule has 0 atom stereocenters. The van der Waals surface area contributed by atoms with Gasteiger partial charge in [-0.15, -0.1) is 11.3 Å². The summed E-state index contributed by atoms with van der Waals surface area (Å²) in [5.74, 6) is 0.334. The second kappa shape index (κ2) is 6.18. The third-order valence-corrected chi connectivity index (χ3v) is 3.39. The number of hydrogen-bond acceptors (Lipinski definition) is 5. The van der Waals surface area contributed by atoms with Gasteiger partial charge in [-0.25, -0.2) is 4.98 Å². The van der Waals surface area contributed by atoms with Crippen molar-refractivity contribution in [2.45, 2.75) is 40.0 Å². The second-order valence-corrected chi connectivity index (χ2v) is 6.02. The topological polar surface area (TPSA) is 51.2 Å². The molecule has 5 heteroatoms. The number of ether oxygens (including phenoxy) is 1. The van der Waals surface area contributed by atoms with Crippen LogP contribution in [-0.4, -0.2) is 24.1 Å². The molecule has 1 aromatic heterocycles. The number of nitrogens with zero attached hydrogens (tertiary/aromatic N) is 1. The summed E-state index contributed by atoms with van der Waals surface area (Å²) in [6.07, 6.45) is 0. The molecular formula is C13H22N2O2S. The Hall–Kier alpha value is -1.10. The summed E-state index contributed by atoms with van der Waals surface area (Å²) >= 11 is 1.52. The van der Waals surface area contributed by atoms with Gasteiger partial charge >= 0.3 is 5.97 Å². The van der Waals surface area contributed by atoms with Crippen LogP contribution in [0.4, 0.5) is 5.13 Å². The van der Waals surface area contributed by atoms with Crippen LogP contribution in [0.2, 0.25) is 0 Å². The quantitative estimate of drug-likeness (QED) is 0.807. The Balaban J connectivity index is 2.74. The third kappa shape index (κ3) is 3.70. The number of thiazole rings is 1. The van der Waals surface area contributed by atoms with Crippen molar-refractivity contribution in [2.24, 2.45) is 5.92 Å². The minimum absolute atomic E-state index is 0.231. The highest BCUT2D eigenvalue weighted by Gasteiger charge is 2.33. The zero-order valence-corrected chi connectivity index (χ0v) is 12.6. The minimum Gasteiger partial charge on any atom is -0.465 e. The summed E-state index contributed by atoms with van der Waals surface area (Å²) in [5.41, 5.74) is 0.0711. The van der Waals surface area contributed by atoms with Crippen molar-refractivity contribution in [1.29, 1.82) is 0 Å². The van der Waals surface area contributed by atoms with Crippen molar-refractivity contribution < 1.29 is 9.53 Å². The fraction of sp³-hybridized carbons (Fsp3) is 0.692. The first-order valence-electron chi connectivity index (χ1n) is 6.25. The van der Waals surface area contributed by atoms with E-state index in [1.54, 1.807) is 0 Å². The fourth-order valence-electron chi connectivity index (χ4n) is 1.35. The lowest BCUT2D eigenvalue weighted by atomic mass is 9.90. The van der Waals surface area contributed by atoms with Crippen molar-refractivity contribution in [3.8, 4) is 0 Å². The van der Waals surface area contributed by atoms with Crippen LogP contribution in [0, 0.1) is 5.92 Å². The van der Waals surface area contributed by atoms with E-state index in [9.17, 15) is 4.79 Å². The van der Waals surface area contributed by atoms with Crippen LogP contribution < -0.4 is 5.32 Å². The first kappa shape index (κ1) is 15.0. The molecule has 0 spiro atoms. The molecule has 0 aromatic carbocycles. The summed E-state index contributed by atoms with van der Waals surface area (Å²) in [6, 6.07) is 0. The molecule has 0 aliphatic rings. The summed E-state index contributed by atoms with van der Waals surface area (Å²) in [5, 5.41) is 6.04. The van der Waals surface area contributed by atoms with Crippen LogP contribution in [0.1, 0.15) is 40.3 Å². The molecular weight excluding hydrogens is 248 g/mol. The van der Waals surface area contributed by atoms with E-state index in [1.807, 2.05) is 26.2 Å². The lowest BCUT2D eigenvalue weighted by molar-refractivity contribution is -0.148. The Morgan fingerprint density at radius 2 is 2.22 bits per heavy atom. The van der Waals surface area contributed by atoms with E-state index >= 15 is 0 Å². The van der Waals surface area contributed by atoms with Crippen molar-refractivity contribution in [1.82, 2.24) is 4.98 Å². The maximum Gasteiger partial charge on any atom is 0.317 e. The summed E-state index contributed by atoms with van der Waals surface area (Å²) < 4.78 is 5.07. The van der Waals surface area contributed by atoms with E-state index in [1.165, 1.54) is 11.3 Å². The predicted octanol–water partition coefficient (Wildman–Crippen LogP) is 3.05. The highest BCUT2D eigenvalue weighted by molar-refractivity contribution is 7.13. The highest BCUT2D eigenvalue weighted by atomic mass is 32.1. The molecule has 0 aliphatic heterocycles. The van der Waals surface area contributed by atoms with Gasteiger partial charge in [0, 0.05) is 11.9 Å². The van der Waals surface area contributed by atoms with Gasteiger partial charge in [0.2, 0.25) is 0 Å². The van der Waals surface area contributed by atoms with E-state index in [-0.39, 0.29) is 5.97 Å². The van der Waals surface area contributed by atoms with Crippen LogP contribution in [0.25, 0.3) is 0 Å². The Morgan fingerprint density at radius 3 is 2.78 bits per heavy atom. The summed E-state index contributed by atoms with van der Waals surface area (Å²) in [7, 11) is 0. The van der Waals surface area contributed by atoms with Crippen LogP contribution in [0.5, 0.6) is 0 Å². The van der Waals surface area contributed by atoms with Gasteiger partial charge in [0.05, 0.1) is 12.3 Å². The average molecular weight is 270 g/mol. The molecule has 1 N–H and O–H groups in total. The van der Waals surface area contributed by atoms with Crippen LogP contribution in [0.3, 0.4) is 0 Å². The predicted molar refractivity (Wildman–Crippen MR) is 75.1 cm³/mol. The lowest BCUT2D eigenvalue weighted by Crippen LogP contribution is -2.31. The molecule has 0 radical (unpaired) electrons.